The van der Waals surface area contributed by atoms with Crippen molar-refractivity contribution in [2.45, 2.75) is 32.4 Å². The lowest BCUT2D eigenvalue weighted by molar-refractivity contribution is 0.0938. The maximum absolute atomic E-state index is 15.0. The number of hydrogen-bond acceptors (Lipinski definition) is 3. The Morgan fingerprint density at radius 2 is 1.86 bits per heavy atom. The summed E-state index contributed by atoms with van der Waals surface area (Å²) in [5.41, 5.74) is 1.45. The lowest BCUT2D eigenvalue weighted by Gasteiger charge is -2.32. The number of nitrogens with one attached hydrogen (secondary N) is 1. The maximum atomic E-state index is 15.0. The van der Waals surface area contributed by atoms with E-state index in [2.05, 4.69) is 9.88 Å². The van der Waals surface area contributed by atoms with Gasteiger partial charge in [0.25, 0.3) is 5.56 Å². The van der Waals surface area contributed by atoms with Gasteiger partial charge in [-0.3, -0.25) is 9.69 Å². The molecule has 4 rings (SSSR count). The summed E-state index contributed by atoms with van der Waals surface area (Å²) in [4.78, 5) is 16.9. The predicted molar refractivity (Wildman–Crippen MR) is 115 cm³/mol. The number of rotatable bonds is 4. The Kier molecular flexibility index (Phi) is 5.81. The zero-order valence-corrected chi connectivity index (χ0v) is 17.5. The topological polar surface area (TPSA) is 45.3 Å². The van der Waals surface area contributed by atoms with E-state index in [0.717, 1.165) is 38.0 Å². The van der Waals surface area contributed by atoms with Crippen LogP contribution >= 0.6 is 23.2 Å². The fraction of sp³-hybridized carbons (Fsp3) is 0.318. The second-order valence-corrected chi connectivity index (χ2v) is 8.34. The lowest BCUT2D eigenvalue weighted by atomic mass is 10.1. The minimum absolute atomic E-state index is 0.0662. The van der Waals surface area contributed by atoms with Crippen molar-refractivity contribution in [1.82, 2.24) is 9.88 Å². The van der Waals surface area contributed by atoms with Gasteiger partial charge < -0.3 is 9.72 Å². The van der Waals surface area contributed by atoms with Crippen LogP contribution in [0, 0.1) is 12.7 Å². The Hall–Kier alpha value is -2.08. The highest BCUT2D eigenvalue weighted by atomic mass is 35.5. The molecule has 0 bridgehead atoms. The Labute approximate surface area is 178 Å². The fourth-order valence-corrected chi connectivity index (χ4v) is 4.44. The van der Waals surface area contributed by atoms with Crippen LogP contribution in [0.15, 0.2) is 41.3 Å². The van der Waals surface area contributed by atoms with Crippen molar-refractivity contribution in [3.8, 4) is 5.75 Å². The Morgan fingerprint density at radius 3 is 2.55 bits per heavy atom. The number of likely N-dealkylation sites (tertiary alicyclic amines) is 1. The molecule has 152 valence electrons. The smallest absolute Gasteiger partial charge is 0.255 e. The van der Waals surface area contributed by atoms with Crippen LogP contribution < -0.4 is 10.3 Å². The van der Waals surface area contributed by atoms with E-state index in [1.807, 2.05) is 12.1 Å². The normalized spacial score (nSPS) is 15.7. The van der Waals surface area contributed by atoms with Crippen molar-refractivity contribution >= 4 is 34.0 Å². The highest BCUT2D eigenvalue weighted by Crippen LogP contribution is 2.29. The minimum Gasteiger partial charge on any atom is -0.487 e. The molecule has 0 spiro atoms. The fourth-order valence-electron chi connectivity index (χ4n) is 3.87. The number of halogens is 3. The van der Waals surface area contributed by atoms with Crippen molar-refractivity contribution in [1.29, 1.82) is 0 Å². The lowest BCUT2D eigenvalue weighted by Crippen LogP contribution is -2.37. The van der Waals surface area contributed by atoms with Crippen LogP contribution in [0.25, 0.3) is 10.8 Å². The molecule has 0 atom stereocenters. The number of H-pyrrole nitrogens is 1. The highest BCUT2D eigenvalue weighted by molar-refractivity contribution is 6.34. The second-order valence-electron chi connectivity index (χ2n) is 7.47. The summed E-state index contributed by atoms with van der Waals surface area (Å²) in [6.45, 7) is 4.20. The van der Waals surface area contributed by atoms with Gasteiger partial charge in [-0.2, -0.15) is 0 Å². The molecule has 29 heavy (non-hydrogen) atoms. The summed E-state index contributed by atoms with van der Waals surface area (Å²) >= 11 is 12.2. The summed E-state index contributed by atoms with van der Waals surface area (Å²) < 4.78 is 21.0. The Balaban J connectivity index is 1.43. The van der Waals surface area contributed by atoms with Gasteiger partial charge in [0, 0.05) is 41.3 Å². The molecular formula is C22H21Cl2FN2O2. The number of aromatic nitrogens is 1. The van der Waals surface area contributed by atoms with Gasteiger partial charge in [-0.1, -0.05) is 23.2 Å². The molecule has 0 saturated carbocycles. The molecule has 2 heterocycles. The van der Waals surface area contributed by atoms with E-state index in [1.54, 1.807) is 25.1 Å². The summed E-state index contributed by atoms with van der Waals surface area (Å²) in [7, 11) is 0. The van der Waals surface area contributed by atoms with Gasteiger partial charge in [0.05, 0.1) is 5.39 Å². The molecule has 1 N–H and O–H groups in total. The number of benzene rings is 2. The third-order valence-electron chi connectivity index (χ3n) is 5.32. The van der Waals surface area contributed by atoms with Crippen LogP contribution in [0.4, 0.5) is 4.39 Å². The van der Waals surface area contributed by atoms with Crippen molar-refractivity contribution in [3.63, 3.8) is 0 Å². The summed E-state index contributed by atoms with van der Waals surface area (Å²) in [6.07, 6.45) is 3.04. The zero-order chi connectivity index (χ0) is 20.5. The number of ether oxygens (including phenoxy) is 1. The number of aromatic amines is 1. The largest absolute Gasteiger partial charge is 0.487 e. The maximum Gasteiger partial charge on any atom is 0.255 e. The van der Waals surface area contributed by atoms with Gasteiger partial charge in [-0.05, 0) is 61.2 Å². The predicted octanol–water partition coefficient (Wildman–Crippen LogP) is 5.33. The van der Waals surface area contributed by atoms with Crippen molar-refractivity contribution in [2.75, 3.05) is 13.1 Å². The monoisotopic (exact) mass is 434 g/mol. The minimum atomic E-state index is -0.470. The first-order valence-corrected chi connectivity index (χ1v) is 10.3. The van der Waals surface area contributed by atoms with E-state index >= 15 is 0 Å². The summed E-state index contributed by atoms with van der Waals surface area (Å²) in [5.74, 6) is -0.270. The quantitative estimate of drug-likeness (QED) is 0.603. The van der Waals surface area contributed by atoms with E-state index in [0.29, 0.717) is 26.4 Å². The molecule has 0 unspecified atom stereocenters. The molecule has 4 nitrogen and oxygen atoms in total. The van der Waals surface area contributed by atoms with Crippen LogP contribution in [-0.2, 0) is 6.54 Å². The Bertz CT molecular complexity index is 1090. The number of nitrogens with zero attached hydrogens (tertiary/aromatic N) is 1. The molecule has 1 aromatic heterocycles. The van der Waals surface area contributed by atoms with Gasteiger partial charge in [-0.15, -0.1) is 0 Å². The highest BCUT2D eigenvalue weighted by Gasteiger charge is 2.23. The second kappa shape index (κ2) is 8.34. The van der Waals surface area contributed by atoms with E-state index < -0.39 is 5.82 Å². The molecule has 2 aromatic carbocycles. The average Bonchev–Trinajstić information content (AvgIpc) is 2.67. The van der Waals surface area contributed by atoms with Crippen LogP contribution in [0.1, 0.15) is 24.0 Å². The molecular weight excluding hydrogens is 414 g/mol. The standard InChI is InChI=1S/C22H21Cl2FN2O2/c1-13-11-26-22(28)18-2-3-19(21(25)20(13)18)29-17-4-6-27(7-5-17)12-14-8-15(23)10-16(24)9-14/h2-3,8-11,17H,4-7,12H2,1H3,(H,26,28). The van der Waals surface area contributed by atoms with Gasteiger partial charge in [0.2, 0.25) is 0 Å². The third-order valence-corrected chi connectivity index (χ3v) is 5.76. The van der Waals surface area contributed by atoms with Gasteiger partial charge >= 0.3 is 0 Å². The van der Waals surface area contributed by atoms with Crippen molar-refractivity contribution in [3.05, 3.63) is 73.9 Å². The van der Waals surface area contributed by atoms with Gasteiger partial charge in [0.1, 0.15) is 6.10 Å². The third kappa shape index (κ3) is 4.42. The molecule has 1 aliphatic heterocycles. The number of hydrogen-bond donors (Lipinski definition) is 1. The van der Waals surface area contributed by atoms with Gasteiger partial charge in [0.15, 0.2) is 11.6 Å². The van der Waals surface area contributed by atoms with Crippen molar-refractivity contribution in [2.24, 2.45) is 0 Å². The average molecular weight is 435 g/mol. The SMILES string of the molecule is Cc1c[nH]c(=O)c2ccc(OC3CCN(Cc4cc(Cl)cc(Cl)c4)CC3)c(F)c12. The Morgan fingerprint density at radius 1 is 1.17 bits per heavy atom. The number of piperidine rings is 1. The number of aryl methyl sites for hydroxylation is 1. The van der Waals surface area contributed by atoms with Crippen LogP contribution in [-0.4, -0.2) is 29.1 Å². The molecule has 0 aliphatic carbocycles. The van der Waals surface area contributed by atoms with E-state index in [4.69, 9.17) is 27.9 Å². The molecule has 3 aromatic rings. The molecule has 1 aliphatic rings. The summed E-state index contributed by atoms with van der Waals surface area (Å²) in [5, 5.41) is 1.92. The zero-order valence-electron chi connectivity index (χ0n) is 16.0. The molecule has 1 saturated heterocycles. The molecule has 0 amide bonds. The van der Waals surface area contributed by atoms with E-state index in [9.17, 15) is 9.18 Å². The first-order valence-electron chi connectivity index (χ1n) is 9.55. The van der Waals surface area contributed by atoms with Crippen LogP contribution in [0.2, 0.25) is 10.0 Å². The van der Waals surface area contributed by atoms with E-state index in [1.165, 1.54) is 6.20 Å². The van der Waals surface area contributed by atoms with Crippen molar-refractivity contribution < 1.29 is 9.13 Å². The molecule has 7 heteroatoms. The van der Waals surface area contributed by atoms with Gasteiger partial charge in [-0.25, -0.2) is 4.39 Å². The molecule has 0 radical (unpaired) electrons. The first kappa shape index (κ1) is 20.2. The number of fused-ring (bicyclic) bond motifs is 1. The molecule has 1 fully saturated rings. The first-order chi connectivity index (χ1) is 13.9. The van der Waals surface area contributed by atoms with Crippen LogP contribution in [0.3, 0.4) is 0 Å². The van der Waals surface area contributed by atoms with Crippen LogP contribution in [0.5, 0.6) is 5.75 Å². The summed E-state index contributed by atoms with van der Waals surface area (Å²) in [6, 6.07) is 8.74. The number of pyridine rings is 1. The van der Waals surface area contributed by atoms with E-state index in [-0.39, 0.29) is 17.4 Å².